The minimum Gasteiger partial charge on any atom is -0.452 e. The minimum absolute atomic E-state index is 0.0751. The SMILES string of the molecule is Cc1cc(C)c(C(=O)OCC(=O)N(C)[C@@H](C)c2nc3ccccc3s2)c(Cl)n1. The van der Waals surface area contributed by atoms with Crippen molar-refractivity contribution >= 4 is 45.0 Å². The Kier molecular flexibility index (Phi) is 5.96. The smallest absolute Gasteiger partial charge is 0.342 e. The first kappa shape index (κ1) is 20.2. The van der Waals surface area contributed by atoms with Crippen molar-refractivity contribution in [3.05, 3.63) is 57.3 Å². The maximum absolute atomic E-state index is 12.5. The van der Waals surface area contributed by atoms with Gasteiger partial charge in [0, 0.05) is 12.7 Å². The lowest BCUT2D eigenvalue weighted by Crippen LogP contribution is -2.33. The van der Waals surface area contributed by atoms with Gasteiger partial charge in [-0.15, -0.1) is 11.3 Å². The molecule has 3 aromatic rings. The van der Waals surface area contributed by atoms with Gasteiger partial charge in [-0.3, -0.25) is 4.79 Å². The zero-order valence-electron chi connectivity index (χ0n) is 16.0. The van der Waals surface area contributed by atoms with Crippen molar-refractivity contribution in [2.24, 2.45) is 0 Å². The normalized spacial score (nSPS) is 12.0. The monoisotopic (exact) mass is 417 g/mol. The number of esters is 1. The molecule has 3 rings (SSSR count). The highest BCUT2D eigenvalue weighted by molar-refractivity contribution is 7.18. The van der Waals surface area contributed by atoms with Crippen LogP contribution in [-0.2, 0) is 9.53 Å². The van der Waals surface area contributed by atoms with Crippen LogP contribution < -0.4 is 0 Å². The lowest BCUT2D eigenvalue weighted by atomic mass is 10.1. The first-order valence-corrected chi connectivity index (χ1v) is 9.89. The average Bonchev–Trinajstić information content (AvgIpc) is 3.08. The van der Waals surface area contributed by atoms with Crippen molar-refractivity contribution in [3.63, 3.8) is 0 Å². The molecule has 2 heterocycles. The Labute approximate surface area is 172 Å². The number of nitrogens with zero attached hydrogens (tertiary/aromatic N) is 3. The number of halogens is 1. The molecule has 1 aromatic carbocycles. The summed E-state index contributed by atoms with van der Waals surface area (Å²) in [5.41, 5.74) is 2.45. The molecule has 1 atom stereocenters. The van der Waals surface area contributed by atoms with Crippen LogP contribution in [0.15, 0.2) is 30.3 Å². The van der Waals surface area contributed by atoms with Crippen molar-refractivity contribution in [1.29, 1.82) is 0 Å². The van der Waals surface area contributed by atoms with Crippen LogP contribution >= 0.6 is 22.9 Å². The molecule has 0 N–H and O–H groups in total. The molecule has 0 aliphatic heterocycles. The van der Waals surface area contributed by atoms with E-state index in [1.165, 1.54) is 16.2 Å². The van der Waals surface area contributed by atoms with Crippen LogP contribution in [0, 0.1) is 13.8 Å². The number of fused-ring (bicyclic) bond motifs is 1. The fraction of sp³-hybridized carbons (Fsp3) is 0.300. The molecule has 1 amide bonds. The van der Waals surface area contributed by atoms with Crippen LogP contribution in [0.25, 0.3) is 10.2 Å². The molecular weight excluding hydrogens is 398 g/mol. The number of aromatic nitrogens is 2. The van der Waals surface area contributed by atoms with Gasteiger partial charge in [0.15, 0.2) is 6.61 Å². The fourth-order valence-electron chi connectivity index (χ4n) is 2.79. The van der Waals surface area contributed by atoms with E-state index < -0.39 is 5.97 Å². The third-order valence-electron chi connectivity index (χ3n) is 4.47. The zero-order valence-corrected chi connectivity index (χ0v) is 17.6. The van der Waals surface area contributed by atoms with Crippen LogP contribution in [0.3, 0.4) is 0 Å². The second-order valence-corrected chi connectivity index (χ2v) is 7.94. The van der Waals surface area contributed by atoms with Gasteiger partial charge in [0.25, 0.3) is 5.91 Å². The van der Waals surface area contributed by atoms with Gasteiger partial charge >= 0.3 is 5.97 Å². The van der Waals surface area contributed by atoms with Crippen molar-refractivity contribution in [2.45, 2.75) is 26.8 Å². The van der Waals surface area contributed by atoms with E-state index in [1.807, 2.05) is 31.2 Å². The molecule has 28 heavy (non-hydrogen) atoms. The number of aryl methyl sites for hydroxylation is 2. The molecule has 0 radical (unpaired) electrons. The highest BCUT2D eigenvalue weighted by Crippen LogP contribution is 2.29. The Morgan fingerprint density at radius 3 is 2.64 bits per heavy atom. The van der Waals surface area contributed by atoms with Crippen LogP contribution in [-0.4, -0.2) is 40.4 Å². The lowest BCUT2D eigenvalue weighted by Gasteiger charge is -2.23. The van der Waals surface area contributed by atoms with E-state index in [-0.39, 0.29) is 29.3 Å². The number of hydrogen-bond acceptors (Lipinski definition) is 6. The number of carbonyl (C=O) groups excluding carboxylic acids is 2. The Morgan fingerprint density at radius 2 is 1.96 bits per heavy atom. The Balaban J connectivity index is 1.66. The van der Waals surface area contributed by atoms with Crippen LogP contribution in [0.5, 0.6) is 0 Å². The maximum atomic E-state index is 12.5. The van der Waals surface area contributed by atoms with E-state index in [1.54, 1.807) is 27.0 Å². The lowest BCUT2D eigenvalue weighted by molar-refractivity contribution is -0.135. The second kappa shape index (κ2) is 8.24. The summed E-state index contributed by atoms with van der Waals surface area (Å²) in [7, 11) is 1.67. The number of hydrogen-bond donors (Lipinski definition) is 0. The van der Waals surface area contributed by atoms with Gasteiger partial charge in [-0.25, -0.2) is 14.8 Å². The summed E-state index contributed by atoms with van der Waals surface area (Å²) in [4.78, 5) is 35.0. The second-order valence-electron chi connectivity index (χ2n) is 6.52. The Morgan fingerprint density at radius 1 is 1.25 bits per heavy atom. The molecular formula is C20H20ClN3O3S. The average molecular weight is 418 g/mol. The molecule has 0 bridgehead atoms. The highest BCUT2D eigenvalue weighted by atomic mass is 35.5. The maximum Gasteiger partial charge on any atom is 0.342 e. The Bertz CT molecular complexity index is 994. The third kappa shape index (κ3) is 4.15. The molecule has 0 fully saturated rings. The predicted molar refractivity (Wildman–Crippen MR) is 110 cm³/mol. The molecule has 0 saturated heterocycles. The van der Waals surface area contributed by atoms with Gasteiger partial charge in [-0.05, 0) is 44.5 Å². The number of ether oxygens (including phenoxy) is 1. The number of amides is 1. The number of benzene rings is 1. The summed E-state index contributed by atoms with van der Waals surface area (Å²) in [6, 6.07) is 9.32. The molecule has 8 heteroatoms. The first-order valence-electron chi connectivity index (χ1n) is 8.70. The topological polar surface area (TPSA) is 72.4 Å². The molecule has 0 spiro atoms. The molecule has 0 aliphatic carbocycles. The van der Waals surface area contributed by atoms with E-state index in [0.717, 1.165) is 15.2 Å². The van der Waals surface area contributed by atoms with Gasteiger partial charge in [-0.1, -0.05) is 23.7 Å². The molecule has 0 saturated carbocycles. The van der Waals surface area contributed by atoms with Gasteiger partial charge in [0.05, 0.1) is 21.8 Å². The third-order valence-corrected chi connectivity index (χ3v) is 5.95. The molecule has 0 aliphatic rings. The summed E-state index contributed by atoms with van der Waals surface area (Å²) in [6.45, 7) is 5.05. The van der Waals surface area contributed by atoms with E-state index in [2.05, 4.69) is 9.97 Å². The number of rotatable bonds is 5. The molecule has 146 valence electrons. The summed E-state index contributed by atoms with van der Waals surface area (Å²) in [5.74, 6) is -0.988. The summed E-state index contributed by atoms with van der Waals surface area (Å²) >= 11 is 7.60. The van der Waals surface area contributed by atoms with E-state index in [4.69, 9.17) is 16.3 Å². The minimum atomic E-state index is -0.663. The summed E-state index contributed by atoms with van der Waals surface area (Å²) in [6.07, 6.45) is 0. The summed E-state index contributed by atoms with van der Waals surface area (Å²) < 4.78 is 6.25. The van der Waals surface area contributed by atoms with Crippen molar-refractivity contribution in [3.8, 4) is 0 Å². The number of para-hydroxylation sites is 1. The van der Waals surface area contributed by atoms with Crippen LogP contribution in [0.1, 0.15) is 39.6 Å². The predicted octanol–water partition coefficient (Wildman–Crippen LogP) is 4.34. The first-order chi connectivity index (χ1) is 13.3. The quantitative estimate of drug-likeness (QED) is 0.456. The van der Waals surface area contributed by atoms with Gasteiger partial charge in [-0.2, -0.15) is 0 Å². The van der Waals surface area contributed by atoms with Crippen molar-refractivity contribution in [1.82, 2.24) is 14.9 Å². The number of likely N-dealkylation sites (N-methyl/N-ethyl adjacent to an activating group) is 1. The molecule has 2 aromatic heterocycles. The largest absolute Gasteiger partial charge is 0.452 e. The van der Waals surface area contributed by atoms with Gasteiger partial charge in [0.1, 0.15) is 10.2 Å². The van der Waals surface area contributed by atoms with Crippen molar-refractivity contribution in [2.75, 3.05) is 13.7 Å². The van der Waals surface area contributed by atoms with E-state index >= 15 is 0 Å². The fourth-order valence-corrected chi connectivity index (χ4v) is 4.21. The number of pyridine rings is 1. The number of thiazole rings is 1. The summed E-state index contributed by atoms with van der Waals surface area (Å²) in [5, 5.41) is 0.899. The van der Waals surface area contributed by atoms with E-state index in [9.17, 15) is 9.59 Å². The van der Waals surface area contributed by atoms with Crippen LogP contribution in [0.2, 0.25) is 5.15 Å². The van der Waals surface area contributed by atoms with Crippen molar-refractivity contribution < 1.29 is 14.3 Å². The zero-order chi connectivity index (χ0) is 20.4. The molecule has 0 unspecified atom stereocenters. The van der Waals surface area contributed by atoms with Gasteiger partial charge < -0.3 is 9.64 Å². The Hall–Kier alpha value is -2.51. The standard InChI is InChI=1S/C20H20ClN3O3S/c1-11-9-12(2)22-18(21)17(11)20(26)27-10-16(25)24(4)13(3)19-23-14-7-5-6-8-15(14)28-19/h5-9,13H,10H2,1-4H3/t13-/m0/s1. The van der Waals surface area contributed by atoms with Gasteiger partial charge in [0.2, 0.25) is 0 Å². The highest BCUT2D eigenvalue weighted by Gasteiger charge is 2.23. The van der Waals surface area contributed by atoms with E-state index in [0.29, 0.717) is 11.3 Å². The molecule has 6 nitrogen and oxygen atoms in total. The number of carbonyl (C=O) groups is 2. The van der Waals surface area contributed by atoms with Crippen LogP contribution in [0.4, 0.5) is 0 Å².